The van der Waals surface area contributed by atoms with Crippen LogP contribution in [0.25, 0.3) is 17.2 Å². The van der Waals surface area contributed by atoms with Crippen molar-refractivity contribution in [2.24, 2.45) is 17.8 Å². The second-order valence-electron chi connectivity index (χ2n) is 10.5. The molecule has 4 aliphatic carbocycles. The molecule has 4 bridgehead atoms. The summed E-state index contributed by atoms with van der Waals surface area (Å²) in [5.41, 5.74) is 5.48. The summed E-state index contributed by atoms with van der Waals surface area (Å²) in [6.07, 6.45) is 10.7. The van der Waals surface area contributed by atoms with Crippen molar-refractivity contribution in [2.75, 3.05) is 21.0 Å². The summed E-state index contributed by atoms with van der Waals surface area (Å²) in [5.74, 6) is 3.26. The number of benzene rings is 2. The lowest BCUT2D eigenvalue weighted by molar-refractivity contribution is -0.131. The summed E-state index contributed by atoms with van der Waals surface area (Å²) < 4.78 is 17.1. The zero-order valence-corrected chi connectivity index (χ0v) is 20.3. The predicted molar refractivity (Wildman–Crippen MR) is 132 cm³/mol. The molecule has 2 aromatic carbocycles. The van der Waals surface area contributed by atoms with E-state index in [1.807, 2.05) is 18.2 Å². The molecule has 4 fully saturated rings. The lowest BCUT2D eigenvalue weighted by atomic mass is 9.48. The van der Waals surface area contributed by atoms with Crippen LogP contribution in [-0.2, 0) is 14.9 Å². The lowest BCUT2D eigenvalue weighted by Gasteiger charge is -2.57. The average molecular weight is 463 g/mol. The van der Waals surface area contributed by atoms with Gasteiger partial charge in [-0.2, -0.15) is 0 Å². The van der Waals surface area contributed by atoms with E-state index in [4.69, 9.17) is 19.3 Å². The minimum atomic E-state index is -0.967. The van der Waals surface area contributed by atoms with Crippen LogP contribution in [0, 0.1) is 24.7 Å². The fourth-order valence-corrected chi connectivity index (χ4v) is 7.27. The van der Waals surface area contributed by atoms with E-state index < -0.39 is 5.97 Å². The third kappa shape index (κ3) is 4.22. The molecule has 0 spiro atoms. The number of rotatable bonds is 8. The maximum atomic E-state index is 11.1. The minimum absolute atomic E-state index is 0.147. The molecule has 0 unspecified atom stereocenters. The maximum Gasteiger partial charge on any atom is 0.328 e. The maximum absolute atomic E-state index is 11.1. The third-order valence-corrected chi connectivity index (χ3v) is 8.20. The Labute approximate surface area is 201 Å². The van der Waals surface area contributed by atoms with Gasteiger partial charge in [0.05, 0.1) is 7.11 Å². The number of methoxy groups -OCH3 is 2. The van der Waals surface area contributed by atoms with Gasteiger partial charge in [-0.3, -0.25) is 0 Å². The third-order valence-electron chi connectivity index (χ3n) is 8.20. The molecule has 1 N–H and O–H groups in total. The Kier molecular flexibility index (Phi) is 6.15. The van der Waals surface area contributed by atoms with Crippen molar-refractivity contribution < 1.29 is 24.1 Å². The molecule has 0 amide bonds. The lowest BCUT2D eigenvalue weighted by Crippen LogP contribution is -2.48. The summed E-state index contributed by atoms with van der Waals surface area (Å²) in [4.78, 5) is 11.1. The number of carbonyl (C=O) groups is 1. The molecule has 0 saturated heterocycles. The minimum Gasteiger partial charge on any atom is -0.496 e. The highest BCUT2D eigenvalue weighted by Crippen LogP contribution is 2.62. The molecule has 180 valence electrons. The summed E-state index contributed by atoms with van der Waals surface area (Å²) in [6, 6.07) is 10.3. The highest BCUT2D eigenvalue weighted by atomic mass is 16.7. The molecule has 0 heterocycles. The Hall–Kier alpha value is -2.79. The van der Waals surface area contributed by atoms with Gasteiger partial charge >= 0.3 is 5.97 Å². The van der Waals surface area contributed by atoms with Gasteiger partial charge in [0.25, 0.3) is 0 Å². The second kappa shape index (κ2) is 9.10. The van der Waals surface area contributed by atoms with Crippen LogP contribution in [0.4, 0.5) is 0 Å². The van der Waals surface area contributed by atoms with Gasteiger partial charge in [0.2, 0.25) is 0 Å². The second-order valence-corrected chi connectivity index (χ2v) is 10.5. The van der Waals surface area contributed by atoms with E-state index in [1.54, 1.807) is 20.3 Å². The van der Waals surface area contributed by atoms with E-state index in [2.05, 4.69) is 19.1 Å². The Bertz CT molecular complexity index is 1080. The number of hydrogen-bond acceptors (Lipinski definition) is 4. The van der Waals surface area contributed by atoms with Crippen molar-refractivity contribution in [3.05, 3.63) is 53.1 Å². The fourth-order valence-electron chi connectivity index (χ4n) is 7.27. The van der Waals surface area contributed by atoms with E-state index >= 15 is 0 Å². The SMILES string of the molecule is COCOc1ccc(/C=C/C(=O)O)cc1-c1cc(C23CC4CC(CC(C4)C2)C3)c(OC)cc1C. The van der Waals surface area contributed by atoms with Gasteiger partial charge < -0.3 is 19.3 Å². The standard InChI is InChI=1S/C29H34O5/c1-18-8-27(33-3)25(29-14-20-9-21(15-29)11-22(10-20)16-29)13-23(18)24-12-19(5-7-28(30)31)4-6-26(24)34-17-32-2/h4-8,12-13,20-22H,9-11,14-17H2,1-3H3,(H,30,31)/b7-5+. The highest BCUT2D eigenvalue weighted by Gasteiger charge is 2.52. The zero-order chi connectivity index (χ0) is 23.9. The topological polar surface area (TPSA) is 65.0 Å². The fraction of sp³-hybridized carbons (Fsp3) is 0.483. The molecular formula is C29H34O5. The van der Waals surface area contributed by atoms with Gasteiger partial charge in [-0.1, -0.05) is 6.07 Å². The Morgan fingerprint density at radius 3 is 2.26 bits per heavy atom. The van der Waals surface area contributed by atoms with Crippen LogP contribution in [0.15, 0.2) is 36.4 Å². The van der Waals surface area contributed by atoms with Gasteiger partial charge in [0, 0.05) is 24.3 Å². The van der Waals surface area contributed by atoms with Gasteiger partial charge in [-0.05, 0) is 116 Å². The highest BCUT2D eigenvalue weighted by molar-refractivity contribution is 5.86. The van der Waals surface area contributed by atoms with Crippen LogP contribution >= 0.6 is 0 Å². The summed E-state index contributed by atoms with van der Waals surface area (Å²) in [5, 5.41) is 9.08. The number of hydrogen-bond donors (Lipinski definition) is 1. The molecular weight excluding hydrogens is 428 g/mol. The van der Waals surface area contributed by atoms with Crippen LogP contribution in [0.2, 0.25) is 0 Å². The van der Waals surface area contributed by atoms with Crippen LogP contribution in [0.3, 0.4) is 0 Å². The van der Waals surface area contributed by atoms with Crippen molar-refractivity contribution in [1.29, 1.82) is 0 Å². The molecule has 4 aliphatic rings. The summed E-state index contributed by atoms with van der Waals surface area (Å²) >= 11 is 0. The Balaban J connectivity index is 1.63. The van der Waals surface area contributed by atoms with Crippen LogP contribution in [0.1, 0.15) is 55.2 Å². The van der Waals surface area contributed by atoms with E-state index in [1.165, 1.54) is 44.1 Å². The van der Waals surface area contributed by atoms with Gasteiger partial charge in [0.1, 0.15) is 11.5 Å². The number of ether oxygens (including phenoxy) is 3. The zero-order valence-electron chi connectivity index (χ0n) is 20.3. The average Bonchev–Trinajstić information content (AvgIpc) is 2.80. The van der Waals surface area contributed by atoms with Crippen molar-refractivity contribution in [3.8, 4) is 22.6 Å². The summed E-state index contributed by atoms with van der Waals surface area (Å²) in [6.45, 7) is 2.25. The van der Waals surface area contributed by atoms with Gasteiger partial charge in [-0.25, -0.2) is 4.79 Å². The predicted octanol–water partition coefficient (Wildman–Crippen LogP) is 6.22. The first kappa shape index (κ1) is 23.0. The molecule has 5 nitrogen and oxygen atoms in total. The first-order chi connectivity index (χ1) is 16.4. The van der Waals surface area contributed by atoms with Crippen molar-refractivity contribution >= 4 is 12.0 Å². The van der Waals surface area contributed by atoms with Gasteiger partial charge in [-0.15, -0.1) is 0 Å². The molecule has 5 heteroatoms. The number of aryl methyl sites for hydroxylation is 1. The quantitative estimate of drug-likeness (QED) is 0.373. The van der Waals surface area contributed by atoms with Crippen molar-refractivity contribution in [3.63, 3.8) is 0 Å². The van der Waals surface area contributed by atoms with Crippen LogP contribution < -0.4 is 9.47 Å². The number of carboxylic acid groups (broad SMARTS) is 1. The summed E-state index contributed by atoms with van der Waals surface area (Å²) in [7, 11) is 3.39. The van der Waals surface area contributed by atoms with Crippen LogP contribution in [0.5, 0.6) is 11.5 Å². The largest absolute Gasteiger partial charge is 0.496 e. The molecule has 0 aromatic heterocycles. The monoisotopic (exact) mass is 462 g/mol. The van der Waals surface area contributed by atoms with Crippen molar-refractivity contribution in [1.82, 2.24) is 0 Å². The molecule has 6 rings (SSSR count). The smallest absolute Gasteiger partial charge is 0.328 e. The van der Waals surface area contributed by atoms with E-state index in [-0.39, 0.29) is 12.2 Å². The molecule has 2 aromatic rings. The molecule has 0 atom stereocenters. The Morgan fingerprint density at radius 2 is 1.68 bits per heavy atom. The first-order valence-corrected chi connectivity index (χ1v) is 12.3. The van der Waals surface area contributed by atoms with Gasteiger partial charge in [0.15, 0.2) is 6.79 Å². The van der Waals surface area contributed by atoms with Crippen LogP contribution in [-0.4, -0.2) is 32.1 Å². The molecule has 4 saturated carbocycles. The number of carboxylic acids is 1. The molecule has 34 heavy (non-hydrogen) atoms. The number of aliphatic carboxylic acids is 1. The van der Waals surface area contributed by atoms with E-state index in [9.17, 15) is 4.79 Å². The molecule has 0 radical (unpaired) electrons. The van der Waals surface area contributed by atoms with E-state index in [0.717, 1.165) is 57.6 Å². The van der Waals surface area contributed by atoms with E-state index in [0.29, 0.717) is 0 Å². The van der Waals surface area contributed by atoms with Crippen molar-refractivity contribution in [2.45, 2.75) is 50.9 Å². The Morgan fingerprint density at radius 1 is 1.00 bits per heavy atom. The first-order valence-electron chi connectivity index (χ1n) is 12.3. The normalized spacial score (nSPS) is 27.3. The molecule has 0 aliphatic heterocycles.